The molecular formula is C14H20N4. The Morgan fingerprint density at radius 1 is 1.22 bits per heavy atom. The van der Waals surface area contributed by atoms with E-state index in [0.29, 0.717) is 12.6 Å². The lowest BCUT2D eigenvalue weighted by atomic mass is 10.1. The van der Waals surface area contributed by atoms with Gasteiger partial charge in [-0.05, 0) is 51.0 Å². The molecule has 0 amide bonds. The van der Waals surface area contributed by atoms with Crippen LogP contribution in [0.1, 0.15) is 36.8 Å². The number of rotatable bonds is 4. The van der Waals surface area contributed by atoms with Crippen LogP contribution in [0, 0.1) is 13.8 Å². The molecule has 18 heavy (non-hydrogen) atoms. The van der Waals surface area contributed by atoms with Crippen LogP contribution < -0.4 is 5.32 Å². The third kappa shape index (κ3) is 2.70. The van der Waals surface area contributed by atoms with Gasteiger partial charge in [-0.3, -0.25) is 0 Å². The van der Waals surface area contributed by atoms with Crippen LogP contribution in [-0.2, 0) is 6.54 Å². The highest BCUT2D eigenvalue weighted by molar-refractivity contribution is 5.48. The Balaban J connectivity index is 2.07. The molecule has 4 nitrogen and oxygen atoms in total. The Labute approximate surface area is 108 Å². The van der Waals surface area contributed by atoms with Crippen molar-refractivity contribution in [2.24, 2.45) is 0 Å². The number of aromatic nitrogens is 3. The van der Waals surface area contributed by atoms with E-state index in [1.165, 1.54) is 11.1 Å². The monoisotopic (exact) mass is 244 g/mol. The zero-order valence-electron chi connectivity index (χ0n) is 11.4. The van der Waals surface area contributed by atoms with Crippen molar-refractivity contribution in [3.05, 3.63) is 41.5 Å². The van der Waals surface area contributed by atoms with Crippen LogP contribution >= 0.6 is 0 Å². The first kappa shape index (κ1) is 12.6. The fraction of sp³-hybridized carbons (Fsp3) is 0.429. The van der Waals surface area contributed by atoms with Crippen molar-refractivity contribution in [2.45, 2.75) is 40.3 Å². The number of benzene rings is 1. The van der Waals surface area contributed by atoms with E-state index in [9.17, 15) is 0 Å². The minimum absolute atomic E-state index is 0.337. The van der Waals surface area contributed by atoms with Gasteiger partial charge in [-0.1, -0.05) is 6.07 Å². The summed E-state index contributed by atoms with van der Waals surface area (Å²) < 4.78 is 1.94. The van der Waals surface area contributed by atoms with Crippen molar-refractivity contribution >= 4 is 5.69 Å². The lowest BCUT2D eigenvalue weighted by Gasteiger charge is -2.11. The van der Waals surface area contributed by atoms with Gasteiger partial charge < -0.3 is 5.32 Å². The summed E-state index contributed by atoms with van der Waals surface area (Å²) in [5.41, 5.74) is 3.73. The average Bonchev–Trinajstić information content (AvgIpc) is 2.79. The third-order valence-electron chi connectivity index (χ3n) is 3.09. The molecule has 1 N–H and O–H groups in total. The highest BCUT2D eigenvalue weighted by Crippen LogP contribution is 2.15. The molecule has 1 aromatic carbocycles. The van der Waals surface area contributed by atoms with Gasteiger partial charge in [0.1, 0.15) is 12.2 Å². The summed E-state index contributed by atoms with van der Waals surface area (Å²) in [4.78, 5) is 4.28. The molecule has 0 saturated heterocycles. The van der Waals surface area contributed by atoms with Gasteiger partial charge in [0.2, 0.25) is 0 Å². The van der Waals surface area contributed by atoms with Crippen molar-refractivity contribution in [2.75, 3.05) is 5.32 Å². The molecule has 2 rings (SSSR count). The van der Waals surface area contributed by atoms with Crippen LogP contribution in [0.5, 0.6) is 0 Å². The molecule has 0 fully saturated rings. The summed E-state index contributed by atoms with van der Waals surface area (Å²) in [7, 11) is 0. The van der Waals surface area contributed by atoms with Crippen LogP contribution in [0.4, 0.5) is 5.69 Å². The van der Waals surface area contributed by atoms with Crippen molar-refractivity contribution in [1.29, 1.82) is 0 Å². The van der Waals surface area contributed by atoms with Crippen molar-refractivity contribution in [3.8, 4) is 0 Å². The number of nitrogens with zero attached hydrogens (tertiary/aromatic N) is 3. The summed E-state index contributed by atoms with van der Waals surface area (Å²) in [6, 6.07) is 6.72. The van der Waals surface area contributed by atoms with Crippen LogP contribution in [0.25, 0.3) is 0 Å². The van der Waals surface area contributed by atoms with Crippen molar-refractivity contribution in [3.63, 3.8) is 0 Å². The van der Waals surface area contributed by atoms with Crippen molar-refractivity contribution < 1.29 is 0 Å². The van der Waals surface area contributed by atoms with Gasteiger partial charge in [-0.15, -0.1) is 0 Å². The van der Waals surface area contributed by atoms with Gasteiger partial charge in [-0.25, -0.2) is 9.67 Å². The molecule has 4 heteroatoms. The van der Waals surface area contributed by atoms with Crippen LogP contribution in [-0.4, -0.2) is 14.8 Å². The van der Waals surface area contributed by atoms with Crippen LogP contribution in [0.2, 0.25) is 0 Å². The van der Waals surface area contributed by atoms with Crippen molar-refractivity contribution in [1.82, 2.24) is 14.8 Å². The number of aryl methyl sites for hydroxylation is 2. The Kier molecular flexibility index (Phi) is 3.65. The molecule has 0 aliphatic rings. The van der Waals surface area contributed by atoms with E-state index < -0.39 is 0 Å². The second-order valence-corrected chi connectivity index (χ2v) is 4.87. The lowest BCUT2D eigenvalue weighted by molar-refractivity contribution is 0.509. The SMILES string of the molecule is Cc1ccc(NCc2ncnn2C(C)C)cc1C. The summed E-state index contributed by atoms with van der Waals surface area (Å²) in [6.45, 7) is 9.15. The smallest absolute Gasteiger partial charge is 0.146 e. The summed E-state index contributed by atoms with van der Waals surface area (Å²) in [5.74, 6) is 0.961. The average molecular weight is 244 g/mol. The fourth-order valence-corrected chi connectivity index (χ4v) is 1.86. The first-order valence-corrected chi connectivity index (χ1v) is 6.27. The third-order valence-corrected chi connectivity index (χ3v) is 3.09. The molecule has 2 aromatic rings. The van der Waals surface area contributed by atoms with Gasteiger partial charge in [0.15, 0.2) is 0 Å². The zero-order chi connectivity index (χ0) is 13.1. The maximum absolute atomic E-state index is 4.28. The predicted octanol–water partition coefficient (Wildman–Crippen LogP) is 3.09. The Bertz CT molecular complexity index is 528. The van der Waals surface area contributed by atoms with E-state index in [2.05, 4.69) is 61.3 Å². The Morgan fingerprint density at radius 3 is 2.67 bits per heavy atom. The minimum Gasteiger partial charge on any atom is -0.378 e. The molecule has 0 spiro atoms. The topological polar surface area (TPSA) is 42.7 Å². The molecular weight excluding hydrogens is 224 g/mol. The molecule has 0 saturated carbocycles. The maximum atomic E-state index is 4.28. The molecule has 0 radical (unpaired) electrons. The van der Waals surface area contributed by atoms with Crippen LogP contribution in [0.15, 0.2) is 24.5 Å². The highest BCUT2D eigenvalue weighted by atomic mass is 15.3. The molecule has 1 aromatic heterocycles. The Morgan fingerprint density at radius 2 is 2.00 bits per heavy atom. The van der Waals surface area contributed by atoms with Gasteiger partial charge in [0, 0.05) is 11.7 Å². The predicted molar refractivity (Wildman–Crippen MR) is 73.6 cm³/mol. The normalized spacial score (nSPS) is 10.9. The fourth-order valence-electron chi connectivity index (χ4n) is 1.86. The highest BCUT2D eigenvalue weighted by Gasteiger charge is 2.07. The molecule has 0 aliphatic carbocycles. The molecule has 0 bridgehead atoms. The largest absolute Gasteiger partial charge is 0.378 e. The molecule has 0 atom stereocenters. The van der Waals surface area contributed by atoms with Gasteiger partial charge in [0.25, 0.3) is 0 Å². The summed E-state index contributed by atoms with van der Waals surface area (Å²) in [6.07, 6.45) is 1.61. The van der Waals surface area contributed by atoms with E-state index in [0.717, 1.165) is 11.5 Å². The first-order valence-electron chi connectivity index (χ1n) is 6.27. The van der Waals surface area contributed by atoms with E-state index in [1.807, 2.05) is 4.68 Å². The Hall–Kier alpha value is -1.84. The molecule has 0 unspecified atom stereocenters. The van der Waals surface area contributed by atoms with E-state index in [1.54, 1.807) is 6.33 Å². The number of hydrogen-bond acceptors (Lipinski definition) is 3. The zero-order valence-corrected chi connectivity index (χ0v) is 11.4. The summed E-state index contributed by atoms with van der Waals surface area (Å²) >= 11 is 0. The van der Waals surface area contributed by atoms with E-state index >= 15 is 0 Å². The molecule has 96 valence electrons. The summed E-state index contributed by atoms with van der Waals surface area (Å²) in [5, 5.41) is 7.61. The van der Waals surface area contributed by atoms with E-state index in [-0.39, 0.29) is 0 Å². The van der Waals surface area contributed by atoms with Crippen LogP contribution in [0.3, 0.4) is 0 Å². The minimum atomic E-state index is 0.337. The second kappa shape index (κ2) is 5.21. The van der Waals surface area contributed by atoms with Gasteiger partial charge in [0.05, 0.1) is 6.54 Å². The first-order chi connectivity index (χ1) is 8.58. The second-order valence-electron chi connectivity index (χ2n) is 4.87. The van der Waals surface area contributed by atoms with Gasteiger partial charge >= 0.3 is 0 Å². The molecule has 1 heterocycles. The maximum Gasteiger partial charge on any atom is 0.146 e. The number of anilines is 1. The molecule has 0 aliphatic heterocycles. The van der Waals surface area contributed by atoms with Gasteiger partial charge in [-0.2, -0.15) is 5.10 Å². The lowest BCUT2D eigenvalue weighted by Crippen LogP contribution is -2.12. The quantitative estimate of drug-likeness (QED) is 0.898. The number of nitrogens with one attached hydrogen (secondary N) is 1. The standard InChI is InChI=1S/C14H20N4/c1-10(2)18-14(16-9-17-18)8-15-13-6-5-11(3)12(4)7-13/h5-7,9-10,15H,8H2,1-4H3. The number of hydrogen-bond donors (Lipinski definition) is 1. The van der Waals surface area contributed by atoms with E-state index in [4.69, 9.17) is 0 Å².